The molecule has 0 spiro atoms. The van der Waals surface area contributed by atoms with Gasteiger partial charge in [0.15, 0.2) is 0 Å². The highest BCUT2D eigenvalue weighted by Gasteiger charge is 2.06. The molecular formula is C15H13Cl2NO. The van der Waals surface area contributed by atoms with E-state index in [0.29, 0.717) is 15.9 Å². The molecule has 0 atom stereocenters. The molecule has 0 saturated heterocycles. The monoisotopic (exact) mass is 293 g/mol. The number of allylic oxidation sites excluding steroid dienone is 1. The Balaban J connectivity index is 2.16. The van der Waals surface area contributed by atoms with E-state index in [2.05, 4.69) is 4.98 Å². The van der Waals surface area contributed by atoms with Crippen LogP contribution in [0.5, 0.6) is 5.75 Å². The molecule has 2 nitrogen and oxygen atoms in total. The SMILES string of the molecule is CC=Cc1ccccc1OCc1nc(Cl)ccc1Cl. The number of hydrogen-bond donors (Lipinski definition) is 0. The van der Waals surface area contributed by atoms with E-state index < -0.39 is 0 Å². The van der Waals surface area contributed by atoms with E-state index in [4.69, 9.17) is 27.9 Å². The van der Waals surface area contributed by atoms with Gasteiger partial charge in [-0.15, -0.1) is 0 Å². The molecule has 1 aromatic heterocycles. The van der Waals surface area contributed by atoms with Gasteiger partial charge in [-0.25, -0.2) is 4.98 Å². The van der Waals surface area contributed by atoms with E-state index in [1.807, 2.05) is 43.3 Å². The fraction of sp³-hybridized carbons (Fsp3) is 0.133. The van der Waals surface area contributed by atoms with Crippen molar-refractivity contribution in [2.45, 2.75) is 13.5 Å². The summed E-state index contributed by atoms with van der Waals surface area (Å²) in [6.07, 6.45) is 3.95. The highest BCUT2D eigenvalue weighted by atomic mass is 35.5. The third-order valence-electron chi connectivity index (χ3n) is 2.51. The zero-order valence-corrected chi connectivity index (χ0v) is 11.9. The molecule has 2 rings (SSSR count). The predicted molar refractivity (Wildman–Crippen MR) is 79.7 cm³/mol. The minimum atomic E-state index is 0.286. The standard InChI is InChI=1S/C15H13Cl2NO/c1-2-5-11-6-3-4-7-14(11)19-10-13-12(16)8-9-15(17)18-13/h2-9H,10H2,1H3. The van der Waals surface area contributed by atoms with Gasteiger partial charge in [0.25, 0.3) is 0 Å². The second kappa shape index (κ2) is 6.60. The molecule has 19 heavy (non-hydrogen) atoms. The Morgan fingerprint density at radius 2 is 1.95 bits per heavy atom. The first-order valence-corrected chi connectivity index (χ1v) is 6.61. The summed E-state index contributed by atoms with van der Waals surface area (Å²) in [7, 11) is 0. The lowest BCUT2D eigenvalue weighted by molar-refractivity contribution is 0.301. The molecule has 1 aromatic carbocycles. The summed E-state index contributed by atoms with van der Waals surface area (Å²) in [5, 5.41) is 0.956. The number of nitrogens with zero attached hydrogens (tertiary/aromatic N) is 1. The maximum atomic E-state index is 6.05. The van der Waals surface area contributed by atoms with E-state index in [9.17, 15) is 0 Å². The largest absolute Gasteiger partial charge is 0.487 e. The van der Waals surface area contributed by atoms with Crippen LogP contribution in [-0.4, -0.2) is 4.98 Å². The molecule has 0 aliphatic heterocycles. The molecule has 0 aliphatic carbocycles. The van der Waals surface area contributed by atoms with Crippen LogP contribution < -0.4 is 4.74 Å². The van der Waals surface area contributed by atoms with Gasteiger partial charge in [0.1, 0.15) is 17.5 Å². The van der Waals surface area contributed by atoms with Crippen molar-refractivity contribution in [3.05, 3.63) is 63.9 Å². The average molecular weight is 294 g/mol. The lowest BCUT2D eigenvalue weighted by Crippen LogP contribution is -2.00. The highest BCUT2D eigenvalue weighted by molar-refractivity contribution is 6.32. The molecule has 0 aliphatic rings. The molecule has 1 heterocycles. The van der Waals surface area contributed by atoms with Gasteiger partial charge in [0.2, 0.25) is 0 Å². The summed E-state index contributed by atoms with van der Waals surface area (Å²) in [6, 6.07) is 11.2. The smallest absolute Gasteiger partial charge is 0.132 e. The van der Waals surface area contributed by atoms with Crippen LogP contribution in [0.1, 0.15) is 18.2 Å². The minimum absolute atomic E-state index is 0.286. The molecule has 0 bridgehead atoms. The van der Waals surface area contributed by atoms with Crippen LogP contribution in [0.4, 0.5) is 0 Å². The summed E-state index contributed by atoms with van der Waals surface area (Å²) in [6.45, 7) is 2.25. The zero-order chi connectivity index (χ0) is 13.7. The third-order valence-corrected chi connectivity index (χ3v) is 3.07. The summed E-state index contributed by atoms with van der Waals surface area (Å²) < 4.78 is 5.75. The zero-order valence-electron chi connectivity index (χ0n) is 10.4. The second-order valence-electron chi connectivity index (χ2n) is 3.89. The number of para-hydroxylation sites is 1. The number of aromatic nitrogens is 1. The van der Waals surface area contributed by atoms with Gasteiger partial charge in [0.05, 0.1) is 10.7 Å². The number of benzene rings is 1. The highest BCUT2D eigenvalue weighted by Crippen LogP contribution is 2.23. The first-order valence-electron chi connectivity index (χ1n) is 5.86. The Labute approximate surface area is 122 Å². The van der Waals surface area contributed by atoms with Crippen molar-refractivity contribution in [3.63, 3.8) is 0 Å². The van der Waals surface area contributed by atoms with Crippen molar-refractivity contribution in [2.75, 3.05) is 0 Å². The number of rotatable bonds is 4. The lowest BCUT2D eigenvalue weighted by Gasteiger charge is -2.09. The Morgan fingerprint density at radius 1 is 1.16 bits per heavy atom. The summed E-state index contributed by atoms with van der Waals surface area (Å²) in [5.41, 5.74) is 1.65. The van der Waals surface area contributed by atoms with E-state index in [1.165, 1.54) is 0 Å². The van der Waals surface area contributed by atoms with Crippen molar-refractivity contribution in [1.82, 2.24) is 4.98 Å². The Hall–Kier alpha value is -1.51. The third kappa shape index (κ3) is 3.72. The van der Waals surface area contributed by atoms with E-state index in [0.717, 1.165) is 11.3 Å². The summed E-state index contributed by atoms with van der Waals surface area (Å²) in [4.78, 5) is 4.15. The van der Waals surface area contributed by atoms with Crippen LogP contribution in [0.15, 0.2) is 42.5 Å². The van der Waals surface area contributed by atoms with Crippen LogP contribution in [0.25, 0.3) is 6.08 Å². The normalized spacial score (nSPS) is 10.9. The summed E-state index contributed by atoms with van der Waals surface area (Å²) >= 11 is 11.9. The number of pyridine rings is 1. The van der Waals surface area contributed by atoms with Gasteiger partial charge in [-0.05, 0) is 25.1 Å². The van der Waals surface area contributed by atoms with E-state index in [1.54, 1.807) is 12.1 Å². The van der Waals surface area contributed by atoms with Gasteiger partial charge in [0, 0.05) is 5.56 Å². The molecule has 0 N–H and O–H groups in total. The molecule has 0 radical (unpaired) electrons. The van der Waals surface area contributed by atoms with Crippen LogP contribution >= 0.6 is 23.2 Å². The molecular weight excluding hydrogens is 281 g/mol. The molecule has 0 amide bonds. The number of ether oxygens (including phenoxy) is 1. The van der Waals surface area contributed by atoms with Crippen LogP contribution in [0.2, 0.25) is 10.2 Å². The van der Waals surface area contributed by atoms with Gasteiger partial charge < -0.3 is 4.74 Å². The van der Waals surface area contributed by atoms with E-state index in [-0.39, 0.29) is 6.61 Å². The molecule has 98 valence electrons. The maximum absolute atomic E-state index is 6.05. The van der Waals surface area contributed by atoms with Crippen molar-refractivity contribution >= 4 is 29.3 Å². The molecule has 0 unspecified atom stereocenters. The van der Waals surface area contributed by atoms with Crippen molar-refractivity contribution in [2.24, 2.45) is 0 Å². The fourth-order valence-electron chi connectivity index (χ4n) is 1.63. The topological polar surface area (TPSA) is 22.1 Å². The van der Waals surface area contributed by atoms with Crippen LogP contribution in [0, 0.1) is 0 Å². The Morgan fingerprint density at radius 3 is 2.74 bits per heavy atom. The molecule has 0 saturated carbocycles. The Bertz CT molecular complexity index is 596. The molecule has 0 fully saturated rings. The van der Waals surface area contributed by atoms with Gasteiger partial charge >= 0.3 is 0 Å². The maximum Gasteiger partial charge on any atom is 0.132 e. The molecule has 4 heteroatoms. The minimum Gasteiger partial charge on any atom is -0.487 e. The quantitative estimate of drug-likeness (QED) is 0.740. The van der Waals surface area contributed by atoms with Crippen molar-refractivity contribution in [1.29, 1.82) is 0 Å². The Kier molecular flexibility index (Phi) is 4.83. The first kappa shape index (κ1) is 13.9. The number of halogens is 2. The van der Waals surface area contributed by atoms with Gasteiger partial charge in [-0.1, -0.05) is 53.6 Å². The fourth-order valence-corrected chi connectivity index (χ4v) is 1.96. The number of hydrogen-bond acceptors (Lipinski definition) is 2. The average Bonchev–Trinajstić information content (AvgIpc) is 2.42. The van der Waals surface area contributed by atoms with E-state index >= 15 is 0 Å². The van der Waals surface area contributed by atoms with Crippen LogP contribution in [-0.2, 0) is 6.61 Å². The van der Waals surface area contributed by atoms with Gasteiger partial charge in [-0.2, -0.15) is 0 Å². The predicted octanol–water partition coefficient (Wildman–Crippen LogP) is 5.00. The molecule has 2 aromatic rings. The second-order valence-corrected chi connectivity index (χ2v) is 4.68. The first-order chi connectivity index (χ1) is 9.20. The van der Waals surface area contributed by atoms with Crippen molar-refractivity contribution < 1.29 is 4.74 Å². The van der Waals surface area contributed by atoms with Crippen molar-refractivity contribution in [3.8, 4) is 5.75 Å². The van der Waals surface area contributed by atoms with Crippen LogP contribution in [0.3, 0.4) is 0 Å². The van der Waals surface area contributed by atoms with Gasteiger partial charge in [-0.3, -0.25) is 0 Å². The lowest BCUT2D eigenvalue weighted by atomic mass is 10.2. The summed E-state index contributed by atoms with van der Waals surface area (Å²) in [5.74, 6) is 0.790.